The molecule has 2 rings (SSSR count). The third kappa shape index (κ3) is 4.04. The molecule has 1 saturated carbocycles. The minimum absolute atomic E-state index is 0. The molecule has 1 amide bonds. The second-order valence-corrected chi connectivity index (χ2v) is 6.30. The van der Waals surface area contributed by atoms with Crippen LogP contribution in [0.3, 0.4) is 0 Å². The fourth-order valence-electron chi connectivity index (χ4n) is 2.58. The zero-order chi connectivity index (χ0) is 11.4. The van der Waals surface area contributed by atoms with Gasteiger partial charge in [0, 0.05) is 6.04 Å². The van der Waals surface area contributed by atoms with Crippen molar-refractivity contribution in [2.24, 2.45) is 5.73 Å². The number of nitrogens with one attached hydrogen (secondary N) is 1. The summed E-state index contributed by atoms with van der Waals surface area (Å²) in [5.74, 6) is 2.44. The summed E-state index contributed by atoms with van der Waals surface area (Å²) >= 11 is 1.98. The van der Waals surface area contributed by atoms with E-state index in [1.165, 1.54) is 17.9 Å². The highest BCUT2D eigenvalue weighted by atomic mass is 35.5. The molecular weight excluding hydrogens is 256 g/mol. The lowest BCUT2D eigenvalue weighted by atomic mass is 9.81. The fraction of sp³-hybridized carbons (Fsp3) is 0.917. The topological polar surface area (TPSA) is 55.1 Å². The van der Waals surface area contributed by atoms with Gasteiger partial charge in [-0.05, 0) is 37.2 Å². The van der Waals surface area contributed by atoms with Crippen LogP contribution in [-0.2, 0) is 4.79 Å². The molecule has 0 aromatic heterocycles. The largest absolute Gasteiger partial charge is 0.352 e. The molecule has 3 nitrogen and oxygen atoms in total. The number of thioether (sulfide) groups is 1. The molecule has 0 bridgehead atoms. The molecule has 1 aliphatic carbocycles. The number of nitrogens with two attached hydrogens (primary N) is 1. The number of halogens is 1. The monoisotopic (exact) mass is 278 g/mol. The van der Waals surface area contributed by atoms with Crippen molar-refractivity contribution >= 4 is 30.1 Å². The second kappa shape index (κ2) is 6.86. The van der Waals surface area contributed by atoms with Crippen molar-refractivity contribution in [1.82, 2.24) is 5.32 Å². The average molecular weight is 279 g/mol. The summed E-state index contributed by atoms with van der Waals surface area (Å²) in [6, 6.07) is 0.371. The maximum Gasteiger partial charge on any atom is 0.240 e. The molecular formula is C12H23ClN2OS. The van der Waals surface area contributed by atoms with Crippen molar-refractivity contribution in [2.75, 3.05) is 11.5 Å². The highest BCUT2D eigenvalue weighted by molar-refractivity contribution is 7.99. The summed E-state index contributed by atoms with van der Waals surface area (Å²) in [5, 5.41) is 3.15. The zero-order valence-corrected chi connectivity index (χ0v) is 11.9. The van der Waals surface area contributed by atoms with Crippen molar-refractivity contribution < 1.29 is 4.79 Å². The summed E-state index contributed by atoms with van der Waals surface area (Å²) in [5.41, 5.74) is 5.64. The summed E-state index contributed by atoms with van der Waals surface area (Å²) in [7, 11) is 0. The molecule has 0 radical (unpaired) electrons. The lowest BCUT2D eigenvalue weighted by Gasteiger charge is -2.34. The van der Waals surface area contributed by atoms with Gasteiger partial charge in [-0.25, -0.2) is 0 Å². The Kier molecular flexibility index (Phi) is 6.10. The number of carbonyl (C=O) groups excluding carboxylic acids is 1. The SMILES string of the molecule is Cl.NC1(C(=O)NC2CCSCC2)CCCCC1. The Balaban J connectivity index is 0.00000144. The standard InChI is InChI=1S/C12H22N2OS.ClH/c13-12(6-2-1-3-7-12)11(15)14-10-4-8-16-9-5-10;/h10H,1-9,13H2,(H,14,15);1H. The molecule has 1 saturated heterocycles. The Bertz CT molecular complexity index is 251. The Morgan fingerprint density at radius 1 is 1.18 bits per heavy atom. The third-order valence-electron chi connectivity index (χ3n) is 3.75. The number of hydrogen-bond acceptors (Lipinski definition) is 3. The van der Waals surface area contributed by atoms with Crippen LogP contribution < -0.4 is 11.1 Å². The molecule has 0 unspecified atom stereocenters. The molecule has 0 aromatic rings. The smallest absolute Gasteiger partial charge is 0.240 e. The first-order chi connectivity index (χ1) is 7.71. The van der Waals surface area contributed by atoms with E-state index in [9.17, 15) is 4.79 Å². The van der Waals surface area contributed by atoms with Crippen LogP contribution in [0.15, 0.2) is 0 Å². The first kappa shape index (κ1) is 15.1. The van der Waals surface area contributed by atoms with Crippen LogP contribution in [-0.4, -0.2) is 29.0 Å². The first-order valence-electron chi connectivity index (χ1n) is 6.38. The van der Waals surface area contributed by atoms with E-state index >= 15 is 0 Å². The molecule has 17 heavy (non-hydrogen) atoms. The molecule has 2 fully saturated rings. The Labute approximate surface area is 114 Å². The normalized spacial score (nSPS) is 24.8. The molecule has 3 N–H and O–H groups in total. The molecule has 0 atom stereocenters. The van der Waals surface area contributed by atoms with Gasteiger partial charge in [0.1, 0.15) is 0 Å². The van der Waals surface area contributed by atoms with Gasteiger partial charge in [-0.15, -0.1) is 12.4 Å². The van der Waals surface area contributed by atoms with E-state index in [2.05, 4.69) is 5.32 Å². The van der Waals surface area contributed by atoms with E-state index in [1.807, 2.05) is 11.8 Å². The van der Waals surface area contributed by atoms with Crippen LogP contribution in [0.5, 0.6) is 0 Å². The van der Waals surface area contributed by atoms with E-state index in [0.717, 1.165) is 38.5 Å². The predicted octanol–water partition coefficient (Wildman–Crippen LogP) is 2.08. The number of hydrogen-bond donors (Lipinski definition) is 2. The van der Waals surface area contributed by atoms with Crippen molar-refractivity contribution in [3.63, 3.8) is 0 Å². The highest BCUT2D eigenvalue weighted by Crippen LogP contribution is 2.26. The van der Waals surface area contributed by atoms with Crippen LogP contribution in [0.2, 0.25) is 0 Å². The van der Waals surface area contributed by atoms with Gasteiger partial charge in [0.25, 0.3) is 0 Å². The van der Waals surface area contributed by atoms with Crippen molar-refractivity contribution in [1.29, 1.82) is 0 Å². The van der Waals surface area contributed by atoms with E-state index in [4.69, 9.17) is 5.73 Å². The van der Waals surface area contributed by atoms with Gasteiger partial charge >= 0.3 is 0 Å². The minimum atomic E-state index is -0.567. The van der Waals surface area contributed by atoms with Gasteiger partial charge < -0.3 is 11.1 Å². The van der Waals surface area contributed by atoms with E-state index in [0.29, 0.717) is 6.04 Å². The fourth-order valence-corrected chi connectivity index (χ4v) is 3.69. The van der Waals surface area contributed by atoms with Gasteiger partial charge in [0.2, 0.25) is 5.91 Å². The van der Waals surface area contributed by atoms with Gasteiger partial charge in [-0.2, -0.15) is 11.8 Å². The number of carbonyl (C=O) groups is 1. The lowest BCUT2D eigenvalue weighted by Crippen LogP contribution is -2.57. The molecule has 5 heteroatoms. The highest BCUT2D eigenvalue weighted by Gasteiger charge is 2.36. The Morgan fingerprint density at radius 3 is 2.35 bits per heavy atom. The molecule has 2 aliphatic rings. The van der Waals surface area contributed by atoms with Crippen LogP contribution >= 0.6 is 24.2 Å². The number of rotatable bonds is 2. The predicted molar refractivity (Wildman–Crippen MR) is 75.7 cm³/mol. The van der Waals surface area contributed by atoms with Crippen LogP contribution in [0.1, 0.15) is 44.9 Å². The van der Waals surface area contributed by atoms with Crippen LogP contribution in [0.25, 0.3) is 0 Å². The maximum atomic E-state index is 12.1. The van der Waals surface area contributed by atoms with Gasteiger partial charge in [0.05, 0.1) is 5.54 Å². The van der Waals surface area contributed by atoms with Gasteiger partial charge in [-0.3, -0.25) is 4.79 Å². The third-order valence-corrected chi connectivity index (χ3v) is 4.80. The van der Waals surface area contributed by atoms with Gasteiger partial charge in [0.15, 0.2) is 0 Å². The maximum absolute atomic E-state index is 12.1. The molecule has 0 spiro atoms. The number of amides is 1. The Hall–Kier alpha value is 0.0700. The van der Waals surface area contributed by atoms with Crippen LogP contribution in [0, 0.1) is 0 Å². The molecule has 1 aliphatic heterocycles. The van der Waals surface area contributed by atoms with E-state index in [1.54, 1.807) is 0 Å². The second-order valence-electron chi connectivity index (χ2n) is 5.08. The summed E-state index contributed by atoms with van der Waals surface area (Å²) in [4.78, 5) is 12.1. The molecule has 100 valence electrons. The van der Waals surface area contributed by atoms with Crippen molar-refractivity contribution in [3.05, 3.63) is 0 Å². The quantitative estimate of drug-likeness (QED) is 0.813. The average Bonchev–Trinajstić information content (AvgIpc) is 2.31. The van der Waals surface area contributed by atoms with Crippen molar-refractivity contribution in [3.8, 4) is 0 Å². The Morgan fingerprint density at radius 2 is 1.76 bits per heavy atom. The van der Waals surface area contributed by atoms with E-state index < -0.39 is 5.54 Å². The molecule has 1 heterocycles. The minimum Gasteiger partial charge on any atom is -0.352 e. The van der Waals surface area contributed by atoms with Crippen molar-refractivity contribution in [2.45, 2.75) is 56.5 Å². The summed E-state index contributed by atoms with van der Waals surface area (Å²) < 4.78 is 0. The summed E-state index contributed by atoms with van der Waals surface area (Å²) in [6.07, 6.45) is 7.36. The summed E-state index contributed by atoms with van der Waals surface area (Å²) in [6.45, 7) is 0. The van der Waals surface area contributed by atoms with Gasteiger partial charge in [-0.1, -0.05) is 19.3 Å². The van der Waals surface area contributed by atoms with Crippen LogP contribution in [0.4, 0.5) is 0 Å². The molecule has 0 aromatic carbocycles. The van der Waals surface area contributed by atoms with E-state index in [-0.39, 0.29) is 18.3 Å². The zero-order valence-electron chi connectivity index (χ0n) is 10.2. The first-order valence-corrected chi connectivity index (χ1v) is 7.54. The lowest BCUT2D eigenvalue weighted by molar-refractivity contribution is -0.128.